The van der Waals surface area contributed by atoms with E-state index in [4.69, 9.17) is 0 Å². The lowest BCUT2D eigenvalue weighted by Crippen LogP contribution is -2.21. The van der Waals surface area contributed by atoms with Gasteiger partial charge in [-0.1, -0.05) is 18.2 Å². The van der Waals surface area contributed by atoms with E-state index in [1.54, 1.807) is 17.7 Å². The van der Waals surface area contributed by atoms with Crippen molar-refractivity contribution in [2.24, 2.45) is 7.05 Å². The predicted molar refractivity (Wildman–Crippen MR) is 71.6 cm³/mol. The first-order valence-corrected chi connectivity index (χ1v) is 5.71. The first kappa shape index (κ1) is 11.7. The molecule has 2 aromatic rings. The summed E-state index contributed by atoms with van der Waals surface area (Å²) in [5.74, 6) is 0. The van der Waals surface area contributed by atoms with E-state index < -0.39 is 0 Å². The summed E-state index contributed by atoms with van der Waals surface area (Å²) in [5, 5.41) is 7.42. The molecule has 90 valence electrons. The lowest BCUT2D eigenvalue weighted by molar-refractivity contribution is 0.823. The second kappa shape index (κ2) is 5.01. The van der Waals surface area contributed by atoms with E-state index in [1.807, 2.05) is 31.3 Å². The molecule has 4 heteroatoms. The molecule has 1 heterocycles. The van der Waals surface area contributed by atoms with Crippen molar-refractivity contribution in [1.82, 2.24) is 9.88 Å². The van der Waals surface area contributed by atoms with Crippen LogP contribution in [0.1, 0.15) is 0 Å². The quantitative estimate of drug-likeness (QED) is 0.776. The molecule has 1 aromatic carbocycles. The summed E-state index contributed by atoms with van der Waals surface area (Å²) in [5.41, 5.74) is 1.86. The molecule has 2 rings (SSSR count). The Hall–Kier alpha value is -1.81. The summed E-state index contributed by atoms with van der Waals surface area (Å²) >= 11 is 0. The third-order valence-corrected chi connectivity index (χ3v) is 2.84. The van der Waals surface area contributed by atoms with Gasteiger partial charge in [-0.25, -0.2) is 0 Å². The minimum Gasteiger partial charge on any atom is -0.383 e. The molecule has 0 bridgehead atoms. The number of para-hydroxylation sites is 1. The molecule has 0 fully saturated rings. The zero-order valence-corrected chi connectivity index (χ0v) is 10.2. The monoisotopic (exact) mass is 231 g/mol. The Labute approximate surface area is 100 Å². The van der Waals surface area contributed by atoms with Crippen molar-refractivity contribution in [2.45, 2.75) is 0 Å². The highest BCUT2D eigenvalue weighted by atomic mass is 16.1. The second-order valence-electron chi connectivity index (χ2n) is 4.00. The summed E-state index contributed by atoms with van der Waals surface area (Å²) in [7, 11) is 3.70. The Bertz CT molecular complexity index is 574. The van der Waals surface area contributed by atoms with Crippen LogP contribution in [0, 0.1) is 0 Å². The van der Waals surface area contributed by atoms with Crippen LogP contribution in [0.15, 0.2) is 35.1 Å². The van der Waals surface area contributed by atoms with E-state index >= 15 is 0 Å². The number of aromatic nitrogens is 1. The topological polar surface area (TPSA) is 46.1 Å². The number of aryl methyl sites for hydroxylation is 1. The zero-order valence-electron chi connectivity index (χ0n) is 10.2. The van der Waals surface area contributed by atoms with Crippen molar-refractivity contribution in [3.8, 4) is 0 Å². The summed E-state index contributed by atoms with van der Waals surface area (Å²) in [4.78, 5) is 11.8. The standard InChI is InChI=1S/C13H17N3O/c1-14-7-8-15-11-9-13(17)16(2)12-6-4-3-5-10(11)12/h3-6,9,14-15H,7-8H2,1-2H3. The summed E-state index contributed by atoms with van der Waals surface area (Å²) in [6, 6.07) is 9.56. The van der Waals surface area contributed by atoms with E-state index in [0.29, 0.717) is 0 Å². The molecule has 0 radical (unpaired) electrons. The first-order valence-electron chi connectivity index (χ1n) is 5.71. The molecule has 0 aliphatic heterocycles. The van der Waals surface area contributed by atoms with Gasteiger partial charge >= 0.3 is 0 Å². The maximum absolute atomic E-state index is 11.8. The number of fused-ring (bicyclic) bond motifs is 1. The van der Waals surface area contributed by atoms with Crippen LogP contribution >= 0.6 is 0 Å². The van der Waals surface area contributed by atoms with Crippen LogP contribution in [0.4, 0.5) is 5.69 Å². The lowest BCUT2D eigenvalue weighted by Gasteiger charge is -2.11. The first-order chi connectivity index (χ1) is 8.24. The van der Waals surface area contributed by atoms with Gasteiger partial charge < -0.3 is 15.2 Å². The molecule has 0 spiro atoms. The van der Waals surface area contributed by atoms with Crippen LogP contribution in [0.5, 0.6) is 0 Å². The smallest absolute Gasteiger partial charge is 0.252 e. The fraction of sp³-hybridized carbons (Fsp3) is 0.308. The highest BCUT2D eigenvalue weighted by molar-refractivity contribution is 5.91. The van der Waals surface area contributed by atoms with Crippen LogP contribution in [-0.4, -0.2) is 24.7 Å². The highest BCUT2D eigenvalue weighted by Crippen LogP contribution is 2.20. The van der Waals surface area contributed by atoms with Gasteiger partial charge in [-0.2, -0.15) is 0 Å². The van der Waals surface area contributed by atoms with Gasteiger partial charge in [-0.15, -0.1) is 0 Å². The van der Waals surface area contributed by atoms with Crippen molar-refractivity contribution in [1.29, 1.82) is 0 Å². The van der Waals surface area contributed by atoms with Crippen molar-refractivity contribution in [2.75, 3.05) is 25.5 Å². The van der Waals surface area contributed by atoms with Crippen LogP contribution in [-0.2, 0) is 7.05 Å². The van der Waals surface area contributed by atoms with Crippen LogP contribution in [0.3, 0.4) is 0 Å². The number of likely N-dealkylation sites (N-methyl/N-ethyl adjacent to an activating group) is 1. The number of nitrogens with zero attached hydrogens (tertiary/aromatic N) is 1. The van der Waals surface area contributed by atoms with Crippen molar-refractivity contribution in [3.63, 3.8) is 0 Å². The molecule has 0 aliphatic carbocycles. The normalized spacial score (nSPS) is 10.7. The Morgan fingerprint density at radius 2 is 2.00 bits per heavy atom. The number of benzene rings is 1. The van der Waals surface area contributed by atoms with Gasteiger partial charge in [0.1, 0.15) is 0 Å². The molecule has 0 saturated carbocycles. The maximum Gasteiger partial charge on any atom is 0.252 e. The number of anilines is 1. The van der Waals surface area contributed by atoms with Crippen LogP contribution < -0.4 is 16.2 Å². The minimum absolute atomic E-state index is 0.00987. The van der Waals surface area contributed by atoms with Crippen molar-refractivity contribution in [3.05, 3.63) is 40.7 Å². The molecule has 0 aliphatic rings. The third kappa shape index (κ3) is 2.31. The van der Waals surface area contributed by atoms with Gasteiger partial charge in [0.25, 0.3) is 5.56 Å². The average Bonchev–Trinajstić information content (AvgIpc) is 2.36. The van der Waals surface area contributed by atoms with E-state index in [2.05, 4.69) is 10.6 Å². The molecule has 0 atom stereocenters. The van der Waals surface area contributed by atoms with E-state index in [-0.39, 0.29) is 5.56 Å². The number of nitrogens with one attached hydrogen (secondary N) is 2. The Kier molecular flexibility index (Phi) is 3.44. The molecular weight excluding hydrogens is 214 g/mol. The van der Waals surface area contributed by atoms with Crippen molar-refractivity contribution >= 4 is 16.6 Å². The van der Waals surface area contributed by atoms with Gasteiger partial charge in [0.05, 0.1) is 5.52 Å². The fourth-order valence-electron chi connectivity index (χ4n) is 1.88. The van der Waals surface area contributed by atoms with Gasteiger partial charge in [0.2, 0.25) is 0 Å². The average molecular weight is 231 g/mol. The third-order valence-electron chi connectivity index (χ3n) is 2.84. The number of hydrogen-bond acceptors (Lipinski definition) is 3. The van der Waals surface area contributed by atoms with E-state index in [1.165, 1.54) is 0 Å². The molecule has 1 aromatic heterocycles. The fourth-order valence-corrected chi connectivity index (χ4v) is 1.88. The zero-order chi connectivity index (χ0) is 12.3. The Balaban J connectivity index is 2.48. The second-order valence-corrected chi connectivity index (χ2v) is 4.00. The molecule has 0 saturated heterocycles. The summed E-state index contributed by atoms with van der Waals surface area (Å²) in [6.45, 7) is 1.66. The van der Waals surface area contributed by atoms with Gasteiger partial charge in [-0.3, -0.25) is 4.79 Å². The highest BCUT2D eigenvalue weighted by Gasteiger charge is 2.04. The van der Waals surface area contributed by atoms with Gasteiger partial charge in [0.15, 0.2) is 0 Å². The molecule has 2 N–H and O–H groups in total. The Morgan fingerprint density at radius 3 is 2.76 bits per heavy atom. The SMILES string of the molecule is CNCCNc1cc(=O)n(C)c2ccccc12. The Morgan fingerprint density at radius 1 is 1.24 bits per heavy atom. The van der Waals surface area contributed by atoms with Crippen LogP contribution in [0.2, 0.25) is 0 Å². The maximum atomic E-state index is 11.8. The predicted octanol–water partition coefficient (Wildman–Crippen LogP) is 1.17. The molecule has 4 nitrogen and oxygen atoms in total. The van der Waals surface area contributed by atoms with E-state index in [9.17, 15) is 4.79 Å². The number of pyridine rings is 1. The summed E-state index contributed by atoms with van der Waals surface area (Å²) < 4.78 is 1.67. The molecule has 0 amide bonds. The largest absolute Gasteiger partial charge is 0.383 e. The molecular formula is C13H17N3O. The van der Waals surface area contributed by atoms with Crippen molar-refractivity contribution < 1.29 is 0 Å². The molecule has 0 unspecified atom stereocenters. The molecule has 17 heavy (non-hydrogen) atoms. The lowest BCUT2D eigenvalue weighted by atomic mass is 10.2. The number of rotatable bonds is 4. The van der Waals surface area contributed by atoms with Crippen LogP contribution in [0.25, 0.3) is 10.9 Å². The van der Waals surface area contributed by atoms with E-state index in [0.717, 1.165) is 29.7 Å². The van der Waals surface area contributed by atoms with Gasteiger partial charge in [-0.05, 0) is 13.1 Å². The summed E-state index contributed by atoms with van der Waals surface area (Å²) in [6.07, 6.45) is 0. The van der Waals surface area contributed by atoms with Gasteiger partial charge in [0, 0.05) is 37.3 Å². The number of hydrogen-bond donors (Lipinski definition) is 2. The minimum atomic E-state index is 0.00987.